The molecule has 5 heteroatoms. The fraction of sp³-hybridized carbons (Fsp3) is 0.583. The van der Waals surface area contributed by atoms with E-state index >= 15 is 0 Å². The van der Waals surface area contributed by atoms with Gasteiger partial charge in [-0.15, -0.1) is 11.3 Å². The van der Waals surface area contributed by atoms with Gasteiger partial charge >= 0.3 is 0 Å². The lowest BCUT2D eigenvalue weighted by molar-refractivity contribution is 0.0921. The van der Waals surface area contributed by atoms with Crippen LogP contribution < -0.4 is 5.32 Å². The Morgan fingerprint density at radius 3 is 2.94 bits per heavy atom. The second-order valence-electron chi connectivity index (χ2n) is 4.53. The largest absolute Gasteiger partial charge is 0.393 e. The van der Waals surface area contributed by atoms with Crippen molar-refractivity contribution in [2.75, 3.05) is 6.54 Å². The van der Waals surface area contributed by atoms with Gasteiger partial charge in [0, 0.05) is 12.5 Å². The van der Waals surface area contributed by atoms with E-state index in [0.717, 1.165) is 24.8 Å². The number of aliphatic hydroxyl groups excluding tert-OH is 1. The standard InChI is InChI=1S/C12H16ClNO2S/c1-7-6-17-11(10(7)13)12(16)14-5-8-3-2-4-9(8)15/h6,8-9,15H,2-5H2,1H3,(H,14,16). The Kier molecular flexibility index (Phi) is 4.07. The van der Waals surface area contributed by atoms with E-state index in [1.807, 2.05) is 12.3 Å². The maximum absolute atomic E-state index is 11.9. The first-order valence-corrected chi connectivity index (χ1v) is 7.05. The van der Waals surface area contributed by atoms with Crippen molar-refractivity contribution in [1.29, 1.82) is 0 Å². The summed E-state index contributed by atoms with van der Waals surface area (Å²) in [5, 5.41) is 14.9. The Morgan fingerprint density at radius 2 is 2.41 bits per heavy atom. The van der Waals surface area contributed by atoms with E-state index in [9.17, 15) is 9.90 Å². The van der Waals surface area contributed by atoms with Crippen LogP contribution in [0.3, 0.4) is 0 Å². The fourth-order valence-electron chi connectivity index (χ4n) is 2.14. The highest BCUT2D eigenvalue weighted by molar-refractivity contribution is 7.13. The van der Waals surface area contributed by atoms with Crippen molar-refractivity contribution in [3.8, 4) is 0 Å². The number of hydrogen-bond acceptors (Lipinski definition) is 3. The van der Waals surface area contributed by atoms with Crippen molar-refractivity contribution < 1.29 is 9.90 Å². The van der Waals surface area contributed by atoms with Crippen molar-refractivity contribution in [2.24, 2.45) is 5.92 Å². The molecular formula is C12H16ClNO2S. The maximum Gasteiger partial charge on any atom is 0.262 e. The highest BCUT2D eigenvalue weighted by Crippen LogP contribution is 2.28. The lowest BCUT2D eigenvalue weighted by atomic mass is 10.1. The van der Waals surface area contributed by atoms with Crippen LogP contribution in [0, 0.1) is 12.8 Å². The molecule has 17 heavy (non-hydrogen) atoms. The summed E-state index contributed by atoms with van der Waals surface area (Å²) in [6.45, 7) is 2.42. The molecule has 0 spiro atoms. The number of rotatable bonds is 3. The summed E-state index contributed by atoms with van der Waals surface area (Å²) >= 11 is 7.39. The summed E-state index contributed by atoms with van der Waals surface area (Å²) in [6.07, 6.45) is 2.61. The molecule has 2 rings (SSSR count). The molecule has 0 bridgehead atoms. The molecule has 3 nitrogen and oxygen atoms in total. The topological polar surface area (TPSA) is 49.3 Å². The Bertz CT molecular complexity index is 419. The maximum atomic E-state index is 11.9. The number of carbonyl (C=O) groups is 1. The highest BCUT2D eigenvalue weighted by Gasteiger charge is 2.26. The van der Waals surface area contributed by atoms with Crippen molar-refractivity contribution in [3.05, 3.63) is 20.8 Å². The normalized spacial score (nSPS) is 23.9. The Balaban J connectivity index is 1.91. The quantitative estimate of drug-likeness (QED) is 0.889. The second kappa shape index (κ2) is 5.38. The van der Waals surface area contributed by atoms with Gasteiger partial charge in [-0.2, -0.15) is 0 Å². The highest BCUT2D eigenvalue weighted by atomic mass is 35.5. The molecule has 2 unspecified atom stereocenters. The lowest BCUT2D eigenvalue weighted by Gasteiger charge is -2.14. The monoisotopic (exact) mass is 273 g/mol. The number of amides is 1. The van der Waals surface area contributed by atoms with E-state index in [0.29, 0.717) is 16.4 Å². The molecule has 2 atom stereocenters. The van der Waals surface area contributed by atoms with E-state index in [-0.39, 0.29) is 17.9 Å². The predicted molar refractivity (Wildman–Crippen MR) is 69.7 cm³/mol. The van der Waals surface area contributed by atoms with Crippen LogP contribution in [0.1, 0.15) is 34.5 Å². The molecule has 0 saturated heterocycles. The molecule has 0 radical (unpaired) electrons. The number of carbonyl (C=O) groups excluding carboxylic acids is 1. The third kappa shape index (κ3) is 2.81. The van der Waals surface area contributed by atoms with Gasteiger partial charge in [-0.25, -0.2) is 0 Å². The second-order valence-corrected chi connectivity index (χ2v) is 5.79. The smallest absolute Gasteiger partial charge is 0.262 e. The third-order valence-electron chi connectivity index (χ3n) is 3.25. The Morgan fingerprint density at radius 1 is 1.65 bits per heavy atom. The predicted octanol–water partition coefficient (Wildman–Crippen LogP) is 2.60. The summed E-state index contributed by atoms with van der Waals surface area (Å²) < 4.78 is 0. The van der Waals surface area contributed by atoms with Crippen LogP contribution in [0.25, 0.3) is 0 Å². The van der Waals surface area contributed by atoms with Gasteiger partial charge in [0.1, 0.15) is 4.88 Å². The van der Waals surface area contributed by atoms with Crippen LogP contribution in [0.5, 0.6) is 0 Å². The number of thiophene rings is 1. The fourth-order valence-corrected chi connectivity index (χ4v) is 3.34. The minimum atomic E-state index is -0.268. The number of aliphatic hydroxyl groups is 1. The van der Waals surface area contributed by atoms with Crippen molar-refractivity contribution in [1.82, 2.24) is 5.32 Å². The van der Waals surface area contributed by atoms with Gasteiger partial charge in [-0.05, 0) is 30.7 Å². The first kappa shape index (κ1) is 12.9. The van der Waals surface area contributed by atoms with Crippen molar-refractivity contribution >= 4 is 28.8 Å². The molecule has 94 valence electrons. The van der Waals surface area contributed by atoms with Gasteiger partial charge in [0.15, 0.2) is 0 Å². The summed E-state index contributed by atoms with van der Waals surface area (Å²) in [4.78, 5) is 12.4. The third-order valence-corrected chi connectivity index (χ3v) is 4.94. The number of nitrogens with one attached hydrogen (secondary N) is 1. The van der Waals surface area contributed by atoms with Gasteiger partial charge in [-0.3, -0.25) is 4.79 Å². The molecule has 1 aliphatic carbocycles. The van der Waals surface area contributed by atoms with Crippen LogP contribution >= 0.6 is 22.9 Å². The summed E-state index contributed by atoms with van der Waals surface area (Å²) in [5.41, 5.74) is 0.933. The Hall–Kier alpha value is -0.580. The molecule has 1 amide bonds. The van der Waals surface area contributed by atoms with E-state index in [2.05, 4.69) is 5.32 Å². The molecule has 0 aromatic carbocycles. The van der Waals surface area contributed by atoms with E-state index in [1.165, 1.54) is 11.3 Å². The van der Waals surface area contributed by atoms with E-state index < -0.39 is 0 Å². The molecule has 1 aromatic heterocycles. The first-order chi connectivity index (χ1) is 8.09. The van der Waals surface area contributed by atoms with Crippen LogP contribution in [0.15, 0.2) is 5.38 Å². The average Bonchev–Trinajstić information content (AvgIpc) is 2.84. The molecule has 1 aliphatic rings. The minimum absolute atomic E-state index is 0.132. The summed E-state index contributed by atoms with van der Waals surface area (Å²) in [5.74, 6) is 0.0611. The zero-order valence-electron chi connectivity index (χ0n) is 9.70. The van der Waals surface area contributed by atoms with Crippen LogP contribution in [-0.2, 0) is 0 Å². The molecular weight excluding hydrogens is 258 g/mol. The molecule has 1 heterocycles. The number of halogens is 1. The SMILES string of the molecule is Cc1csc(C(=O)NCC2CCCC2O)c1Cl. The van der Waals surface area contributed by atoms with E-state index in [4.69, 9.17) is 11.6 Å². The molecule has 1 fully saturated rings. The van der Waals surface area contributed by atoms with Gasteiger partial charge in [0.25, 0.3) is 5.91 Å². The summed E-state index contributed by atoms with van der Waals surface area (Å²) in [6, 6.07) is 0. The van der Waals surface area contributed by atoms with Gasteiger partial charge in [0.2, 0.25) is 0 Å². The molecule has 1 aromatic rings. The molecule has 1 saturated carbocycles. The van der Waals surface area contributed by atoms with Crippen molar-refractivity contribution in [3.63, 3.8) is 0 Å². The first-order valence-electron chi connectivity index (χ1n) is 5.79. The van der Waals surface area contributed by atoms with Crippen LogP contribution in [-0.4, -0.2) is 23.7 Å². The Labute approximate surface area is 110 Å². The van der Waals surface area contributed by atoms with Gasteiger partial charge < -0.3 is 10.4 Å². The molecule has 0 aliphatic heterocycles. The zero-order chi connectivity index (χ0) is 12.4. The number of hydrogen-bond donors (Lipinski definition) is 2. The minimum Gasteiger partial charge on any atom is -0.393 e. The summed E-state index contributed by atoms with van der Waals surface area (Å²) in [7, 11) is 0. The number of aryl methyl sites for hydroxylation is 1. The average molecular weight is 274 g/mol. The molecule has 2 N–H and O–H groups in total. The van der Waals surface area contributed by atoms with Gasteiger partial charge in [0.05, 0.1) is 11.1 Å². The van der Waals surface area contributed by atoms with Crippen molar-refractivity contribution in [2.45, 2.75) is 32.3 Å². The van der Waals surface area contributed by atoms with Crippen LogP contribution in [0.2, 0.25) is 5.02 Å². The lowest BCUT2D eigenvalue weighted by Crippen LogP contribution is -2.32. The van der Waals surface area contributed by atoms with Crippen LogP contribution in [0.4, 0.5) is 0 Å². The zero-order valence-corrected chi connectivity index (χ0v) is 11.3. The van der Waals surface area contributed by atoms with Gasteiger partial charge in [-0.1, -0.05) is 18.0 Å². The van der Waals surface area contributed by atoms with E-state index in [1.54, 1.807) is 0 Å².